The summed E-state index contributed by atoms with van der Waals surface area (Å²) in [5, 5.41) is 13.5. The lowest BCUT2D eigenvalue weighted by Gasteiger charge is -2.16. The lowest BCUT2D eigenvalue weighted by Crippen LogP contribution is -2.19. The summed E-state index contributed by atoms with van der Waals surface area (Å²) in [7, 11) is 0. The number of aliphatic hydroxyl groups excluding tert-OH is 1. The van der Waals surface area contributed by atoms with Gasteiger partial charge in [0.05, 0.1) is 24.5 Å². The van der Waals surface area contributed by atoms with Gasteiger partial charge in [-0.3, -0.25) is 0 Å². The molecule has 0 aliphatic carbocycles. The van der Waals surface area contributed by atoms with Crippen molar-refractivity contribution in [3.05, 3.63) is 34.3 Å². The molecule has 1 aromatic heterocycles. The van der Waals surface area contributed by atoms with Crippen molar-refractivity contribution >= 4 is 17.0 Å². The molecule has 0 unspecified atom stereocenters. The summed E-state index contributed by atoms with van der Waals surface area (Å²) in [6.07, 6.45) is -10.1. The van der Waals surface area contributed by atoms with E-state index in [1.165, 1.54) is 0 Å². The third kappa shape index (κ3) is 6.31. The molecule has 2 aromatic rings. The van der Waals surface area contributed by atoms with Crippen molar-refractivity contribution in [1.82, 2.24) is 4.98 Å². The van der Waals surface area contributed by atoms with Gasteiger partial charge in [0, 0.05) is 11.4 Å². The summed E-state index contributed by atoms with van der Waals surface area (Å²) >= 11 is 1.15. The van der Waals surface area contributed by atoms with Crippen LogP contribution >= 0.6 is 11.3 Å². The number of alkyl halides is 6. The second-order valence-electron chi connectivity index (χ2n) is 4.50. The molecule has 0 fully saturated rings. The highest BCUT2D eigenvalue weighted by Gasteiger charge is 2.34. The quantitative estimate of drug-likeness (QED) is 0.732. The summed E-state index contributed by atoms with van der Waals surface area (Å²) in [4.78, 5) is 3.98. The van der Waals surface area contributed by atoms with Gasteiger partial charge in [0.25, 0.3) is 0 Å². The Morgan fingerprint density at radius 2 is 1.76 bits per heavy atom. The molecule has 2 N–H and O–H groups in total. The van der Waals surface area contributed by atoms with E-state index in [2.05, 4.69) is 19.8 Å². The van der Waals surface area contributed by atoms with Crippen LogP contribution in [0.1, 0.15) is 10.7 Å². The van der Waals surface area contributed by atoms with E-state index in [-0.39, 0.29) is 18.8 Å². The van der Waals surface area contributed by atoms with Crippen molar-refractivity contribution in [3.8, 4) is 11.5 Å². The molecule has 0 radical (unpaired) electrons. The number of ether oxygens (including phenoxy) is 2. The minimum atomic E-state index is -5.10. The molecule has 0 aliphatic heterocycles. The number of rotatable bonds is 6. The molecular formula is C13H10F6N2O3S. The van der Waals surface area contributed by atoms with E-state index in [4.69, 9.17) is 5.11 Å². The summed E-state index contributed by atoms with van der Waals surface area (Å²) in [5.41, 5.74) is 0.230. The molecule has 12 heteroatoms. The third-order valence-corrected chi connectivity index (χ3v) is 3.49. The molecule has 0 aliphatic rings. The number of hydrogen-bond acceptors (Lipinski definition) is 6. The molecule has 1 aromatic carbocycles. The van der Waals surface area contributed by atoms with Crippen LogP contribution in [0.15, 0.2) is 23.6 Å². The smallest absolute Gasteiger partial charge is 0.406 e. The molecule has 0 saturated heterocycles. The summed E-state index contributed by atoms with van der Waals surface area (Å²) < 4.78 is 81.2. The first-order valence-electron chi connectivity index (χ1n) is 6.49. The second kappa shape index (κ2) is 7.35. The highest BCUT2D eigenvalue weighted by molar-refractivity contribution is 7.09. The van der Waals surface area contributed by atoms with Crippen LogP contribution in [0.5, 0.6) is 11.5 Å². The van der Waals surface area contributed by atoms with Crippen LogP contribution in [0, 0.1) is 0 Å². The fourth-order valence-corrected chi connectivity index (χ4v) is 2.40. The van der Waals surface area contributed by atoms with E-state index < -0.39 is 24.2 Å². The van der Waals surface area contributed by atoms with E-state index in [9.17, 15) is 26.3 Å². The van der Waals surface area contributed by atoms with Gasteiger partial charge in [-0.05, 0) is 12.1 Å². The van der Waals surface area contributed by atoms with Crippen molar-refractivity contribution in [2.75, 3.05) is 5.32 Å². The molecule has 0 spiro atoms. The zero-order chi connectivity index (χ0) is 18.7. The van der Waals surface area contributed by atoms with Crippen molar-refractivity contribution in [3.63, 3.8) is 0 Å². The maximum atomic E-state index is 12.5. The third-order valence-electron chi connectivity index (χ3n) is 2.61. The summed E-state index contributed by atoms with van der Waals surface area (Å²) in [6, 6.07) is 2.28. The molecule has 2 rings (SSSR count). The fraction of sp³-hybridized carbons (Fsp3) is 0.308. The molecule has 138 valence electrons. The highest BCUT2D eigenvalue weighted by atomic mass is 32.1. The van der Waals surface area contributed by atoms with Gasteiger partial charge >= 0.3 is 12.7 Å². The number of benzene rings is 1. The maximum absolute atomic E-state index is 12.5. The average molecular weight is 388 g/mol. The number of aliphatic hydroxyl groups is 1. The first-order valence-corrected chi connectivity index (χ1v) is 7.37. The number of halogens is 6. The number of aromatic nitrogens is 1. The zero-order valence-electron chi connectivity index (χ0n) is 12.1. The first kappa shape index (κ1) is 19.1. The van der Waals surface area contributed by atoms with Gasteiger partial charge in [0.1, 0.15) is 10.8 Å². The van der Waals surface area contributed by atoms with E-state index in [1.807, 2.05) is 0 Å². The van der Waals surface area contributed by atoms with E-state index >= 15 is 0 Å². The molecule has 1 heterocycles. The molecular weight excluding hydrogens is 378 g/mol. The Labute approximate surface area is 140 Å². The Bertz CT molecular complexity index is 717. The average Bonchev–Trinajstić information content (AvgIpc) is 2.91. The van der Waals surface area contributed by atoms with Crippen LogP contribution in [-0.4, -0.2) is 22.8 Å². The minimum Gasteiger partial charge on any atom is -0.406 e. The summed E-state index contributed by atoms with van der Waals surface area (Å²) in [6.45, 7) is -0.305. The lowest BCUT2D eigenvalue weighted by atomic mass is 10.2. The Hall–Kier alpha value is -2.21. The standard InChI is InChI=1S/C13H10F6N2O3S/c14-12(15,16)23-8-1-2-9(10(3-8)24-13(17,18)19)20-4-7-6-25-11(5-22)21-7/h1-3,6,20,22H,4-5H2. The number of thiazole rings is 1. The van der Waals surface area contributed by atoms with Gasteiger partial charge in [-0.15, -0.1) is 37.7 Å². The Morgan fingerprint density at radius 3 is 2.32 bits per heavy atom. The highest BCUT2D eigenvalue weighted by Crippen LogP contribution is 2.35. The largest absolute Gasteiger partial charge is 0.573 e. The van der Waals surface area contributed by atoms with Crippen LogP contribution in [0.25, 0.3) is 0 Å². The van der Waals surface area contributed by atoms with Crippen LogP contribution in [-0.2, 0) is 13.2 Å². The van der Waals surface area contributed by atoms with Crippen LogP contribution in [0.2, 0.25) is 0 Å². The van der Waals surface area contributed by atoms with E-state index in [1.54, 1.807) is 5.38 Å². The van der Waals surface area contributed by atoms with Gasteiger partial charge < -0.3 is 19.9 Å². The zero-order valence-corrected chi connectivity index (χ0v) is 12.9. The topological polar surface area (TPSA) is 63.6 Å². The lowest BCUT2D eigenvalue weighted by molar-refractivity contribution is -0.276. The second-order valence-corrected chi connectivity index (χ2v) is 5.44. The van der Waals surface area contributed by atoms with E-state index in [0.717, 1.165) is 23.5 Å². The summed E-state index contributed by atoms with van der Waals surface area (Å²) in [5.74, 6) is -1.74. The van der Waals surface area contributed by atoms with Gasteiger partial charge in [-0.25, -0.2) is 4.98 Å². The van der Waals surface area contributed by atoms with Crippen LogP contribution < -0.4 is 14.8 Å². The van der Waals surface area contributed by atoms with Gasteiger partial charge in [-0.1, -0.05) is 0 Å². The predicted molar refractivity (Wildman–Crippen MR) is 75.2 cm³/mol. The molecule has 25 heavy (non-hydrogen) atoms. The Kier molecular flexibility index (Phi) is 5.62. The number of anilines is 1. The molecule has 0 bridgehead atoms. The molecule has 5 nitrogen and oxygen atoms in total. The monoisotopic (exact) mass is 388 g/mol. The Balaban J connectivity index is 2.19. The fourth-order valence-electron chi connectivity index (χ4n) is 1.74. The van der Waals surface area contributed by atoms with Crippen LogP contribution in [0.3, 0.4) is 0 Å². The number of nitrogens with one attached hydrogen (secondary N) is 1. The normalized spacial score (nSPS) is 12.1. The van der Waals surface area contributed by atoms with Crippen molar-refractivity contribution in [1.29, 1.82) is 0 Å². The van der Waals surface area contributed by atoms with Crippen molar-refractivity contribution in [2.24, 2.45) is 0 Å². The predicted octanol–water partition coefficient (Wildman–Crippen LogP) is 4.04. The first-order chi connectivity index (χ1) is 11.6. The van der Waals surface area contributed by atoms with Crippen LogP contribution in [0.4, 0.5) is 32.0 Å². The Morgan fingerprint density at radius 1 is 1.08 bits per heavy atom. The molecule has 0 atom stereocenters. The van der Waals surface area contributed by atoms with Crippen molar-refractivity contribution in [2.45, 2.75) is 25.9 Å². The number of nitrogens with zero attached hydrogens (tertiary/aromatic N) is 1. The molecule has 0 amide bonds. The van der Waals surface area contributed by atoms with Gasteiger partial charge in [-0.2, -0.15) is 0 Å². The maximum Gasteiger partial charge on any atom is 0.573 e. The van der Waals surface area contributed by atoms with Gasteiger partial charge in [0.15, 0.2) is 5.75 Å². The van der Waals surface area contributed by atoms with E-state index in [0.29, 0.717) is 16.8 Å². The van der Waals surface area contributed by atoms with Gasteiger partial charge in [0.2, 0.25) is 0 Å². The minimum absolute atomic E-state index is 0.0236. The van der Waals surface area contributed by atoms with Crippen molar-refractivity contribution < 1.29 is 40.9 Å². The molecule has 0 saturated carbocycles. The SMILES string of the molecule is OCc1nc(CNc2ccc(OC(F)(F)F)cc2OC(F)(F)F)cs1. The number of hydrogen-bond donors (Lipinski definition) is 2.